The molecule has 0 amide bonds. The van der Waals surface area contributed by atoms with Crippen molar-refractivity contribution in [1.82, 2.24) is 0 Å². The molecule has 2 N–H and O–H groups in total. The fourth-order valence-corrected chi connectivity index (χ4v) is 3.55. The van der Waals surface area contributed by atoms with Crippen molar-refractivity contribution < 1.29 is 34.0 Å². The summed E-state index contributed by atoms with van der Waals surface area (Å²) < 4.78 is 16.1. The first-order chi connectivity index (χ1) is 11.1. The van der Waals surface area contributed by atoms with E-state index in [1.165, 1.54) is 6.92 Å². The lowest BCUT2D eigenvalue weighted by Crippen LogP contribution is -2.39. The molecule has 2 bridgehead atoms. The van der Waals surface area contributed by atoms with E-state index in [1.54, 1.807) is 19.9 Å². The molecule has 0 unspecified atom stereocenters. The first-order valence-corrected chi connectivity index (χ1v) is 8.06. The molecule has 132 valence electrons. The van der Waals surface area contributed by atoms with Gasteiger partial charge in [0.1, 0.15) is 12.4 Å². The summed E-state index contributed by atoms with van der Waals surface area (Å²) in [4.78, 5) is 23.2. The average Bonchev–Trinajstić information content (AvgIpc) is 2.94. The predicted octanol–water partition coefficient (Wildman–Crippen LogP) is 0.945. The van der Waals surface area contributed by atoms with E-state index in [0.717, 1.165) is 0 Å². The normalized spacial score (nSPS) is 38.7. The van der Waals surface area contributed by atoms with E-state index < -0.39 is 29.4 Å². The molecule has 7 heteroatoms. The van der Waals surface area contributed by atoms with Crippen LogP contribution in [-0.2, 0) is 23.8 Å². The van der Waals surface area contributed by atoms with Crippen LogP contribution in [0.15, 0.2) is 23.0 Å². The zero-order chi connectivity index (χ0) is 17.7. The zero-order valence-corrected chi connectivity index (χ0v) is 14.0. The van der Waals surface area contributed by atoms with Gasteiger partial charge in [-0.2, -0.15) is 0 Å². The van der Waals surface area contributed by atoms with E-state index in [2.05, 4.69) is 0 Å². The largest absolute Gasteiger partial charge is 0.461 e. The Morgan fingerprint density at radius 2 is 2.17 bits per heavy atom. The predicted molar refractivity (Wildman–Crippen MR) is 81.3 cm³/mol. The summed E-state index contributed by atoms with van der Waals surface area (Å²) in [5, 5.41) is 21.3. The fraction of sp³-hybridized carbons (Fsp3) is 0.647. The Labute approximate surface area is 139 Å². The highest BCUT2D eigenvalue weighted by Gasteiger charge is 2.51. The topological polar surface area (TPSA) is 102 Å². The minimum absolute atomic E-state index is 0.129. The molecule has 3 heterocycles. The molecule has 1 fully saturated rings. The number of rotatable bonds is 2. The summed E-state index contributed by atoms with van der Waals surface area (Å²) in [6.07, 6.45) is 1.80. The highest BCUT2D eigenvalue weighted by atomic mass is 16.6. The third-order valence-corrected chi connectivity index (χ3v) is 4.97. The van der Waals surface area contributed by atoms with Crippen LogP contribution in [-0.4, -0.2) is 46.3 Å². The molecular formula is C17H22O7. The number of aliphatic hydroxyl groups is 2. The van der Waals surface area contributed by atoms with Crippen LogP contribution in [0.4, 0.5) is 0 Å². The van der Waals surface area contributed by atoms with Crippen LogP contribution >= 0.6 is 0 Å². The molecule has 4 atom stereocenters. The molecule has 3 aliphatic rings. The second-order valence-electron chi connectivity index (χ2n) is 6.98. The van der Waals surface area contributed by atoms with Crippen molar-refractivity contribution in [3.8, 4) is 0 Å². The van der Waals surface area contributed by atoms with Gasteiger partial charge < -0.3 is 24.4 Å². The van der Waals surface area contributed by atoms with E-state index >= 15 is 0 Å². The Kier molecular flexibility index (Phi) is 4.06. The van der Waals surface area contributed by atoms with E-state index in [-0.39, 0.29) is 30.3 Å². The van der Waals surface area contributed by atoms with Crippen molar-refractivity contribution in [2.24, 2.45) is 5.92 Å². The highest BCUT2D eigenvalue weighted by molar-refractivity contribution is 5.95. The van der Waals surface area contributed by atoms with Crippen LogP contribution in [0.1, 0.15) is 40.0 Å². The molecule has 0 saturated carbocycles. The van der Waals surface area contributed by atoms with Gasteiger partial charge in [0.15, 0.2) is 5.79 Å². The van der Waals surface area contributed by atoms with Gasteiger partial charge in [-0.25, -0.2) is 4.79 Å². The molecule has 24 heavy (non-hydrogen) atoms. The minimum atomic E-state index is -1.33. The Morgan fingerprint density at radius 1 is 1.46 bits per heavy atom. The lowest BCUT2D eigenvalue weighted by Gasteiger charge is -2.32. The lowest BCUT2D eigenvalue weighted by molar-refractivity contribution is -0.238. The quantitative estimate of drug-likeness (QED) is 0.723. The number of fused-ring (bicyclic) bond motifs is 3. The second kappa shape index (κ2) is 5.68. The van der Waals surface area contributed by atoms with Crippen molar-refractivity contribution in [1.29, 1.82) is 0 Å². The zero-order valence-electron chi connectivity index (χ0n) is 14.0. The maximum atomic E-state index is 12.1. The van der Waals surface area contributed by atoms with Gasteiger partial charge in [-0.1, -0.05) is 6.92 Å². The van der Waals surface area contributed by atoms with Crippen LogP contribution in [0.25, 0.3) is 0 Å². The van der Waals surface area contributed by atoms with E-state index in [4.69, 9.17) is 14.2 Å². The van der Waals surface area contributed by atoms with Gasteiger partial charge in [-0.15, -0.1) is 0 Å². The third kappa shape index (κ3) is 2.87. The maximum absolute atomic E-state index is 12.1. The summed E-state index contributed by atoms with van der Waals surface area (Å²) in [5.41, 5.74) is -0.358. The van der Waals surface area contributed by atoms with Crippen molar-refractivity contribution in [2.75, 3.05) is 6.61 Å². The SMILES string of the molecule is CC(=O)OCC1=C2C(=C[C@@]3(C)CC[C@](O)(O3)[C@H](C)C[C@@H]2O)OC1=O. The van der Waals surface area contributed by atoms with Crippen molar-refractivity contribution in [2.45, 2.75) is 57.5 Å². The van der Waals surface area contributed by atoms with Gasteiger partial charge in [0.05, 0.1) is 17.3 Å². The summed E-state index contributed by atoms with van der Waals surface area (Å²) in [6, 6.07) is 0. The summed E-state index contributed by atoms with van der Waals surface area (Å²) in [7, 11) is 0. The number of hydrogen-bond donors (Lipinski definition) is 2. The van der Waals surface area contributed by atoms with Crippen LogP contribution in [0.3, 0.4) is 0 Å². The summed E-state index contributed by atoms with van der Waals surface area (Å²) in [6.45, 7) is 4.59. The number of hydrogen-bond acceptors (Lipinski definition) is 7. The van der Waals surface area contributed by atoms with Gasteiger partial charge in [-0.3, -0.25) is 4.79 Å². The lowest BCUT2D eigenvalue weighted by atomic mass is 9.86. The highest BCUT2D eigenvalue weighted by Crippen LogP contribution is 2.47. The number of carbonyl (C=O) groups excluding carboxylic acids is 2. The first-order valence-electron chi connectivity index (χ1n) is 8.06. The van der Waals surface area contributed by atoms with Crippen LogP contribution < -0.4 is 0 Å². The fourth-order valence-electron chi connectivity index (χ4n) is 3.55. The van der Waals surface area contributed by atoms with Gasteiger partial charge in [0, 0.05) is 24.8 Å². The van der Waals surface area contributed by atoms with E-state index in [9.17, 15) is 19.8 Å². The second-order valence-corrected chi connectivity index (χ2v) is 6.98. The molecule has 3 aliphatic heterocycles. The third-order valence-electron chi connectivity index (χ3n) is 4.97. The Balaban J connectivity index is 2.05. The molecule has 0 aromatic rings. The van der Waals surface area contributed by atoms with Crippen molar-refractivity contribution in [3.63, 3.8) is 0 Å². The van der Waals surface area contributed by atoms with Gasteiger partial charge in [0.25, 0.3) is 0 Å². The van der Waals surface area contributed by atoms with Crippen LogP contribution in [0.2, 0.25) is 0 Å². The molecule has 0 aromatic heterocycles. The Hall–Kier alpha value is -1.70. The number of esters is 2. The summed E-state index contributed by atoms with van der Waals surface area (Å²) >= 11 is 0. The molecule has 0 radical (unpaired) electrons. The molecule has 0 spiro atoms. The van der Waals surface area contributed by atoms with E-state index in [1.807, 2.05) is 0 Å². The number of ether oxygens (including phenoxy) is 3. The minimum Gasteiger partial charge on any atom is -0.461 e. The average molecular weight is 338 g/mol. The van der Waals surface area contributed by atoms with Crippen molar-refractivity contribution >= 4 is 11.9 Å². The molecular weight excluding hydrogens is 316 g/mol. The van der Waals surface area contributed by atoms with Crippen molar-refractivity contribution in [3.05, 3.63) is 23.0 Å². The summed E-state index contributed by atoms with van der Waals surface area (Å²) in [5.74, 6) is -2.62. The Morgan fingerprint density at radius 3 is 2.83 bits per heavy atom. The first kappa shape index (κ1) is 17.1. The Bertz CT molecular complexity index is 649. The van der Waals surface area contributed by atoms with Crippen LogP contribution in [0.5, 0.6) is 0 Å². The molecule has 0 aliphatic carbocycles. The van der Waals surface area contributed by atoms with Crippen LogP contribution in [0, 0.1) is 5.92 Å². The molecule has 3 rings (SSSR count). The number of carbonyl (C=O) groups is 2. The monoisotopic (exact) mass is 338 g/mol. The maximum Gasteiger partial charge on any atom is 0.343 e. The smallest absolute Gasteiger partial charge is 0.343 e. The van der Waals surface area contributed by atoms with Gasteiger partial charge in [-0.05, 0) is 25.8 Å². The standard InChI is InChI=1S/C17H22O7/c1-9-6-12(19)14-11(8-22-10(2)18)15(20)23-13(14)7-16(3)4-5-17(9,21)24-16/h7,9,12,19,21H,4-6,8H2,1-3H3/t9-,12+,16-,17+/m1/s1. The van der Waals surface area contributed by atoms with E-state index in [0.29, 0.717) is 18.4 Å². The molecule has 0 aromatic carbocycles. The number of aliphatic hydroxyl groups excluding tert-OH is 1. The van der Waals surface area contributed by atoms with Gasteiger partial charge in [0.2, 0.25) is 0 Å². The van der Waals surface area contributed by atoms with Gasteiger partial charge >= 0.3 is 11.9 Å². The molecule has 7 nitrogen and oxygen atoms in total. The molecule has 1 saturated heterocycles.